The van der Waals surface area contributed by atoms with Gasteiger partial charge in [0.2, 0.25) is 0 Å². The lowest BCUT2D eigenvalue weighted by Gasteiger charge is -2.20. The number of H-pyrrole nitrogens is 1. The second-order valence-corrected chi connectivity index (χ2v) is 5.76. The Balaban J connectivity index is 1.85. The SMILES string of the molecule is COc1cccc2cc(N(C)c3nc(C)nc4[nH]ccc34)ccc12. The topological polar surface area (TPSA) is 54.0 Å². The molecule has 5 heteroatoms. The van der Waals surface area contributed by atoms with Gasteiger partial charge in [0, 0.05) is 24.3 Å². The number of aromatic nitrogens is 3. The molecule has 2 aromatic carbocycles. The third-order valence-corrected chi connectivity index (χ3v) is 4.26. The molecule has 4 aromatic rings. The fraction of sp³-hybridized carbons (Fsp3) is 0.158. The molecule has 0 fully saturated rings. The van der Waals surface area contributed by atoms with E-state index >= 15 is 0 Å². The van der Waals surface area contributed by atoms with Crippen molar-refractivity contribution in [1.29, 1.82) is 0 Å². The van der Waals surface area contributed by atoms with Crippen LogP contribution in [0.25, 0.3) is 21.8 Å². The van der Waals surface area contributed by atoms with Crippen molar-refractivity contribution in [2.75, 3.05) is 19.1 Å². The Kier molecular flexibility index (Phi) is 3.34. The second-order valence-electron chi connectivity index (χ2n) is 5.76. The first kappa shape index (κ1) is 14.5. The number of benzene rings is 2. The standard InChI is InChI=1S/C19H18N4O/c1-12-21-18-16(9-10-20-18)19(22-12)23(2)14-7-8-15-13(11-14)5-4-6-17(15)24-3/h4-11H,1-3H3,(H,20,21,22). The van der Waals surface area contributed by atoms with E-state index in [4.69, 9.17) is 4.74 Å². The molecule has 120 valence electrons. The maximum absolute atomic E-state index is 5.44. The summed E-state index contributed by atoms with van der Waals surface area (Å²) in [6.07, 6.45) is 1.89. The number of anilines is 2. The predicted molar refractivity (Wildman–Crippen MR) is 97.2 cm³/mol. The smallest absolute Gasteiger partial charge is 0.146 e. The average Bonchev–Trinajstić information content (AvgIpc) is 3.07. The molecule has 2 aromatic heterocycles. The van der Waals surface area contributed by atoms with Crippen LogP contribution in [-0.2, 0) is 0 Å². The first-order valence-electron chi connectivity index (χ1n) is 7.79. The molecule has 0 aliphatic carbocycles. The number of aryl methyl sites for hydroxylation is 1. The molecular formula is C19H18N4O. The van der Waals surface area contributed by atoms with Gasteiger partial charge in [-0.15, -0.1) is 0 Å². The van der Waals surface area contributed by atoms with Gasteiger partial charge in [-0.05, 0) is 42.6 Å². The largest absolute Gasteiger partial charge is 0.496 e. The Labute approximate surface area is 139 Å². The monoisotopic (exact) mass is 318 g/mol. The minimum absolute atomic E-state index is 0.745. The summed E-state index contributed by atoms with van der Waals surface area (Å²) in [5.74, 6) is 2.52. The maximum atomic E-state index is 5.44. The summed E-state index contributed by atoms with van der Waals surface area (Å²) in [6, 6.07) is 14.4. The highest BCUT2D eigenvalue weighted by Gasteiger charge is 2.13. The van der Waals surface area contributed by atoms with Crippen molar-refractivity contribution < 1.29 is 4.74 Å². The Morgan fingerprint density at radius 1 is 1.04 bits per heavy atom. The van der Waals surface area contributed by atoms with E-state index in [0.29, 0.717) is 0 Å². The van der Waals surface area contributed by atoms with Crippen molar-refractivity contribution in [3.63, 3.8) is 0 Å². The molecule has 1 N–H and O–H groups in total. The van der Waals surface area contributed by atoms with Gasteiger partial charge >= 0.3 is 0 Å². The van der Waals surface area contributed by atoms with E-state index in [-0.39, 0.29) is 0 Å². The molecule has 0 radical (unpaired) electrons. The van der Waals surface area contributed by atoms with E-state index in [1.54, 1.807) is 7.11 Å². The molecule has 24 heavy (non-hydrogen) atoms. The zero-order chi connectivity index (χ0) is 16.7. The summed E-state index contributed by atoms with van der Waals surface area (Å²) in [5.41, 5.74) is 1.92. The first-order valence-corrected chi connectivity index (χ1v) is 7.79. The van der Waals surface area contributed by atoms with E-state index in [1.165, 1.54) is 0 Å². The Hall–Kier alpha value is -3.08. The van der Waals surface area contributed by atoms with Gasteiger partial charge in [0.05, 0.1) is 12.5 Å². The zero-order valence-electron chi connectivity index (χ0n) is 13.9. The summed E-state index contributed by atoms with van der Waals surface area (Å²) in [7, 11) is 3.72. The molecular weight excluding hydrogens is 300 g/mol. The van der Waals surface area contributed by atoms with Crippen molar-refractivity contribution in [3.05, 3.63) is 54.5 Å². The van der Waals surface area contributed by atoms with Crippen LogP contribution >= 0.6 is 0 Å². The summed E-state index contributed by atoms with van der Waals surface area (Å²) < 4.78 is 5.44. The van der Waals surface area contributed by atoms with E-state index in [9.17, 15) is 0 Å². The van der Waals surface area contributed by atoms with Gasteiger partial charge in [-0.25, -0.2) is 9.97 Å². The number of fused-ring (bicyclic) bond motifs is 2. The normalized spacial score (nSPS) is 11.1. The number of ether oxygens (including phenoxy) is 1. The summed E-state index contributed by atoms with van der Waals surface area (Å²) in [6.45, 7) is 1.91. The molecule has 5 nitrogen and oxygen atoms in total. The highest BCUT2D eigenvalue weighted by molar-refractivity contribution is 5.94. The molecule has 0 unspecified atom stereocenters. The third-order valence-electron chi connectivity index (χ3n) is 4.26. The summed E-state index contributed by atoms with van der Waals surface area (Å²) in [5, 5.41) is 3.24. The minimum atomic E-state index is 0.745. The maximum Gasteiger partial charge on any atom is 0.146 e. The molecule has 0 amide bonds. The van der Waals surface area contributed by atoms with Crippen LogP contribution < -0.4 is 9.64 Å². The van der Waals surface area contributed by atoms with Gasteiger partial charge in [0.1, 0.15) is 23.0 Å². The number of aromatic amines is 1. The van der Waals surface area contributed by atoms with Crippen LogP contribution in [0.15, 0.2) is 48.7 Å². The zero-order valence-corrected chi connectivity index (χ0v) is 13.9. The van der Waals surface area contributed by atoms with E-state index < -0.39 is 0 Å². The Bertz CT molecular complexity index is 1040. The number of nitrogens with zero attached hydrogens (tertiary/aromatic N) is 3. The van der Waals surface area contributed by atoms with Crippen molar-refractivity contribution in [2.45, 2.75) is 6.92 Å². The number of hydrogen-bond acceptors (Lipinski definition) is 4. The number of nitrogens with one attached hydrogen (secondary N) is 1. The van der Waals surface area contributed by atoms with Crippen molar-refractivity contribution in [1.82, 2.24) is 15.0 Å². The average molecular weight is 318 g/mol. The summed E-state index contributed by atoms with van der Waals surface area (Å²) in [4.78, 5) is 14.3. The molecule has 0 saturated heterocycles. The highest BCUT2D eigenvalue weighted by atomic mass is 16.5. The van der Waals surface area contributed by atoms with Crippen LogP contribution in [0.5, 0.6) is 5.75 Å². The van der Waals surface area contributed by atoms with Gasteiger partial charge in [-0.3, -0.25) is 0 Å². The number of rotatable bonds is 3. The van der Waals surface area contributed by atoms with Crippen LogP contribution in [0.4, 0.5) is 11.5 Å². The van der Waals surface area contributed by atoms with Crippen LogP contribution in [0.1, 0.15) is 5.82 Å². The molecule has 4 rings (SSSR count). The molecule has 0 atom stereocenters. The highest BCUT2D eigenvalue weighted by Crippen LogP contribution is 2.33. The molecule has 0 aliphatic heterocycles. The minimum Gasteiger partial charge on any atom is -0.496 e. The van der Waals surface area contributed by atoms with Gasteiger partial charge < -0.3 is 14.6 Å². The van der Waals surface area contributed by atoms with Gasteiger partial charge in [0.15, 0.2) is 0 Å². The van der Waals surface area contributed by atoms with Crippen LogP contribution in [0.3, 0.4) is 0 Å². The number of methoxy groups -OCH3 is 1. The second kappa shape index (κ2) is 5.53. The lowest BCUT2D eigenvalue weighted by atomic mass is 10.1. The van der Waals surface area contributed by atoms with Gasteiger partial charge in [0.25, 0.3) is 0 Å². The van der Waals surface area contributed by atoms with Crippen molar-refractivity contribution in [3.8, 4) is 5.75 Å². The van der Waals surface area contributed by atoms with Gasteiger partial charge in [-0.2, -0.15) is 0 Å². The number of hydrogen-bond donors (Lipinski definition) is 1. The first-order chi connectivity index (χ1) is 11.7. The lowest BCUT2D eigenvalue weighted by Crippen LogP contribution is -2.12. The molecule has 0 saturated carbocycles. The van der Waals surface area contributed by atoms with Crippen LogP contribution in [0, 0.1) is 6.92 Å². The Morgan fingerprint density at radius 2 is 1.92 bits per heavy atom. The molecule has 0 spiro atoms. The lowest BCUT2D eigenvalue weighted by molar-refractivity contribution is 0.420. The predicted octanol–water partition coefficient (Wildman–Crippen LogP) is 4.20. The van der Waals surface area contributed by atoms with Crippen LogP contribution in [-0.4, -0.2) is 29.1 Å². The van der Waals surface area contributed by atoms with E-state index in [1.807, 2.05) is 38.4 Å². The van der Waals surface area contributed by atoms with Crippen molar-refractivity contribution in [2.24, 2.45) is 0 Å². The van der Waals surface area contributed by atoms with Crippen molar-refractivity contribution >= 4 is 33.3 Å². The summed E-state index contributed by atoms with van der Waals surface area (Å²) >= 11 is 0. The van der Waals surface area contributed by atoms with E-state index in [0.717, 1.165) is 44.9 Å². The third kappa shape index (κ3) is 2.25. The fourth-order valence-electron chi connectivity index (χ4n) is 3.04. The molecule has 2 heterocycles. The van der Waals surface area contributed by atoms with Crippen LogP contribution in [0.2, 0.25) is 0 Å². The Morgan fingerprint density at radius 3 is 2.75 bits per heavy atom. The van der Waals surface area contributed by atoms with E-state index in [2.05, 4.69) is 44.1 Å². The quantitative estimate of drug-likeness (QED) is 0.615. The molecule has 0 bridgehead atoms. The fourth-order valence-corrected chi connectivity index (χ4v) is 3.04. The molecule has 0 aliphatic rings. The van der Waals surface area contributed by atoms with Gasteiger partial charge in [-0.1, -0.05) is 12.1 Å².